The predicted molar refractivity (Wildman–Crippen MR) is 96.5 cm³/mol. The van der Waals surface area contributed by atoms with Crippen LogP contribution >= 0.6 is 0 Å². The lowest BCUT2D eigenvalue weighted by atomic mass is 9.91. The number of hydrogen-bond acceptors (Lipinski definition) is 6. The first kappa shape index (κ1) is 16.9. The highest BCUT2D eigenvalue weighted by molar-refractivity contribution is 5.81. The number of piperidine rings is 1. The highest BCUT2D eigenvalue weighted by atomic mass is 16.5. The first-order valence-electron chi connectivity index (χ1n) is 9.06. The lowest BCUT2D eigenvalue weighted by Crippen LogP contribution is -2.43. The van der Waals surface area contributed by atoms with Crippen molar-refractivity contribution < 1.29 is 9.53 Å². The SMILES string of the molecule is Cc1ccc(N2CC[C@H]3C[C@@H](C(=O)NCc4cccnc4)O[C@H]3C2)nn1. The molecule has 2 aromatic rings. The molecule has 3 atom stereocenters. The summed E-state index contributed by atoms with van der Waals surface area (Å²) in [5, 5.41) is 11.4. The molecule has 0 unspecified atom stereocenters. The van der Waals surface area contributed by atoms with Crippen molar-refractivity contribution >= 4 is 11.7 Å². The summed E-state index contributed by atoms with van der Waals surface area (Å²) >= 11 is 0. The van der Waals surface area contributed by atoms with Gasteiger partial charge in [-0.15, -0.1) is 5.10 Å². The maximum Gasteiger partial charge on any atom is 0.249 e. The number of carbonyl (C=O) groups excluding carboxylic acids is 1. The third kappa shape index (κ3) is 3.67. The highest BCUT2D eigenvalue weighted by Gasteiger charge is 2.42. The second-order valence-electron chi connectivity index (χ2n) is 7.01. The summed E-state index contributed by atoms with van der Waals surface area (Å²) in [7, 11) is 0. The van der Waals surface area contributed by atoms with Gasteiger partial charge in [-0.3, -0.25) is 9.78 Å². The van der Waals surface area contributed by atoms with Gasteiger partial charge >= 0.3 is 0 Å². The zero-order valence-corrected chi connectivity index (χ0v) is 14.8. The molecule has 1 N–H and O–H groups in total. The number of hydrogen-bond donors (Lipinski definition) is 1. The largest absolute Gasteiger partial charge is 0.363 e. The predicted octanol–water partition coefficient (Wildman–Crippen LogP) is 1.48. The van der Waals surface area contributed by atoms with Gasteiger partial charge in [0.15, 0.2) is 5.82 Å². The number of pyridine rings is 1. The average molecular weight is 353 g/mol. The molecule has 26 heavy (non-hydrogen) atoms. The molecular weight excluding hydrogens is 330 g/mol. The van der Waals surface area contributed by atoms with Gasteiger partial charge < -0.3 is 15.0 Å². The van der Waals surface area contributed by atoms with Crippen LogP contribution < -0.4 is 10.2 Å². The first-order valence-corrected chi connectivity index (χ1v) is 9.06. The van der Waals surface area contributed by atoms with Gasteiger partial charge in [-0.25, -0.2) is 0 Å². The standard InChI is InChI=1S/C19H23N5O2/c1-13-4-5-18(23-22-13)24-8-6-15-9-16(26-17(15)12-24)19(25)21-11-14-3-2-7-20-10-14/h2-5,7,10,15-17H,6,8-9,11-12H2,1H3,(H,21,25)/t15-,16-,17-/m0/s1. The summed E-state index contributed by atoms with van der Waals surface area (Å²) in [6, 6.07) is 7.78. The smallest absolute Gasteiger partial charge is 0.249 e. The number of anilines is 1. The van der Waals surface area contributed by atoms with Crippen LogP contribution in [-0.4, -0.2) is 46.4 Å². The number of ether oxygens (including phenoxy) is 1. The fourth-order valence-electron chi connectivity index (χ4n) is 3.67. The Morgan fingerprint density at radius 1 is 1.35 bits per heavy atom. The molecule has 0 bridgehead atoms. The van der Waals surface area contributed by atoms with Crippen molar-refractivity contribution in [2.45, 2.75) is 38.5 Å². The number of amides is 1. The Morgan fingerprint density at radius 2 is 2.27 bits per heavy atom. The molecule has 4 rings (SSSR count). The van der Waals surface area contributed by atoms with Crippen LogP contribution in [0.3, 0.4) is 0 Å². The van der Waals surface area contributed by atoms with Crippen LogP contribution in [0.1, 0.15) is 24.1 Å². The van der Waals surface area contributed by atoms with E-state index in [0.717, 1.165) is 43.0 Å². The Balaban J connectivity index is 1.32. The molecule has 2 fully saturated rings. The van der Waals surface area contributed by atoms with Crippen molar-refractivity contribution in [2.24, 2.45) is 5.92 Å². The van der Waals surface area contributed by atoms with E-state index in [1.54, 1.807) is 12.4 Å². The van der Waals surface area contributed by atoms with Gasteiger partial charge in [0.1, 0.15) is 6.10 Å². The molecule has 2 aliphatic heterocycles. The molecule has 2 aliphatic rings. The summed E-state index contributed by atoms with van der Waals surface area (Å²) in [5.74, 6) is 1.27. The fraction of sp³-hybridized carbons (Fsp3) is 0.474. The van der Waals surface area contributed by atoms with Gasteiger partial charge in [-0.05, 0) is 49.4 Å². The van der Waals surface area contributed by atoms with Crippen molar-refractivity contribution in [2.75, 3.05) is 18.0 Å². The maximum absolute atomic E-state index is 12.5. The van der Waals surface area contributed by atoms with Crippen molar-refractivity contribution in [3.8, 4) is 0 Å². The van der Waals surface area contributed by atoms with E-state index < -0.39 is 0 Å². The lowest BCUT2D eigenvalue weighted by molar-refractivity contribution is -0.132. The number of nitrogens with zero attached hydrogens (tertiary/aromatic N) is 4. The quantitative estimate of drug-likeness (QED) is 0.897. The molecule has 0 spiro atoms. The molecule has 7 heteroatoms. The van der Waals surface area contributed by atoms with Crippen LogP contribution in [-0.2, 0) is 16.1 Å². The van der Waals surface area contributed by atoms with Crippen LogP contribution in [0, 0.1) is 12.8 Å². The summed E-state index contributed by atoms with van der Waals surface area (Å²) in [6.45, 7) is 4.09. The number of carbonyl (C=O) groups is 1. The van der Waals surface area contributed by atoms with Crippen molar-refractivity contribution in [1.82, 2.24) is 20.5 Å². The minimum atomic E-state index is -0.370. The first-order chi connectivity index (χ1) is 12.7. The minimum absolute atomic E-state index is 0.0371. The zero-order valence-electron chi connectivity index (χ0n) is 14.8. The summed E-state index contributed by atoms with van der Waals surface area (Å²) < 4.78 is 6.07. The number of nitrogens with one attached hydrogen (secondary N) is 1. The normalized spacial score (nSPS) is 25.0. The second-order valence-corrected chi connectivity index (χ2v) is 7.01. The Morgan fingerprint density at radius 3 is 3.04 bits per heavy atom. The van der Waals surface area contributed by atoms with Gasteiger partial charge in [0.05, 0.1) is 11.8 Å². The van der Waals surface area contributed by atoms with Gasteiger partial charge in [0, 0.05) is 32.0 Å². The molecule has 2 saturated heterocycles. The molecule has 0 radical (unpaired) electrons. The van der Waals surface area contributed by atoms with Crippen LogP contribution in [0.2, 0.25) is 0 Å². The Hall–Kier alpha value is -2.54. The molecule has 0 saturated carbocycles. The van der Waals surface area contributed by atoms with Crippen LogP contribution in [0.25, 0.3) is 0 Å². The van der Waals surface area contributed by atoms with E-state index in [1.165, 1.54) is 0 Å². The highest BCUT2D eigenvalue weighted by Crippen LogP contribution is 2.34. The minimum Gasteiger partial charge on any atom is -0.363 e. The number of aryl methyl sites for hydroxylation is 1. The van der Waals surface area contributed by atoms with E-state index in [1.807, 2.05) is 31.2 Å². The Kier molecular flexibility index (Phi) is 4.79. The van der Waals surface area contributed by atoms with E-state index in [9.17, 15) is 4.79 Å². The maximum atomic E-state index is 12.5. The van der Waals surface area contributed by atoms with Crippen molar-refractivity contribution in [3.05, 3.63) is 47.9 Å². The molecule has 2 aromatic heterocycles. The van der Waals surface area contributed by atoms with E-state index in [-0.39, 0.29) is 18.1 Å². The van der Waals surface area contributed by atoms with Crippen molar-refractivity contribution in [3.63, 3.8) is 0 Å². The second kappa shape index (κ2) is 7.37. The molecular formula is C19H23N5O2. The van der Waals surface area contributed by atoms with Gasteiger partial charge in [0.2, 0.25) is 5.91 Å². The topological polar surface area (TPSA) is 80.2 Å². The van der Waals surface area contributed by atoms with Crippen molar-refractivity contribution in [1.29, 1.82) is 0 Å². The third-order valence-corrected chi connectivity index (χ3v) is 5.14. The number of fused-ring (bicyclic) bond motifs is 1. The van der Waals surface area contributed by atoms with Gasteiger partial charge in [-0.2, -0.15) is 5.10 Å². The zero-order chi connectivity index (χ0) is 17.9. The fourth-order valence-corrected chi connectivity index (χ4v) is 3.67. The lowest BCUT2D eigenvalue weighted by Gasteiger charge is -2.34. The molecule has 7 nitrogen and oxygen atoms in total. The summed E-state index contributed by atoms with van der Waals surface area (Å²) in [4.78, 5) is 18.7. The summed E-state index contributed by atoms with van der Waals surface area (Å²) in [5.41, 5.74) is 1.89. The van der Waals surface area contributed by atoms with E-state index in [2.05, 4.69) is 25.4 Å². The molecule has 1 amide bonds. The monoisotopic (exact) mass is 353 g/mol. The van der Waals surface area contributed by atoms with E-state index in [0.29, 0.717) is 12.5 Å². The Bertz CT molecular complexity index is 752. The van der Waals surface area contributed by atoms with Gasteiger partial charge in [0.25, 0.3) is 0 Å². The number of aromatic nitrogens is 3. The Labute approximate surface area is 152 Å². The average Bonchev–Trinajstić information content (AvgIpc) is 3.11. The molecule has 136 valence electrons. The molecule has 0 aliphatic carbocycles. The third-order valence-electron chi connectivity index (χ3n) is 5.14. The molecule has 0 aromatic carbocycles. The number of rotatable bonds is 4. The molecule has 4 heterocycles. The van der Waals surface area contributed by atoms with Gasteiger partial charge in [-0.1, -0.05) is 6.07 Å². The van der Waals surface area contributed by atoms with E-state index >= 15 is 0 Å². The van der Waals surface area contributed by atoms with Crippen LogP contribution in [0.4, 0.5) is 5.82 Å². The van der Waals surface area contributed by atoms with Crippen LogP contribution in [0.5, 0.6) is 0 Å². The summed E-state index contributed by atoms with van der Waals surface area (Å²) in [6.07, 6.45) is 4.98. The van der Waals surface area contributed by atoms with E-state index in [4.69, 9.17) is 4.74 Å². The van der Waals surface area contributed by atoms with Crippen LogP contribution in [0.15, 0.2) is 36.7 Å².